The van der Waals surface area contributed by atoms with Crippen molar-refractivity contribution in [2.75, 3.05) is 5.32 Å². The lowest BCUT2D eigenvalue weighted by molar-refractivity contribution is -0.119. The molecule has 0 bridgehead atoms. The van der Waals surface area contributed by atoms with Gasteiger partial charge >= 0.3 is 0 Å². The Labute approximate surface area is 197 Å². The third-order valence-corrected chi connectivity index (χ3v) is 7.80. The van der Waals surface area contributed by atoms with Crippen LogP contribution >= 0.6 is 11.3 Å². The number of carbonyl (C=O) groups is 2. The average Bonchev–Trinajstić information content (AvgIpc) is 3.44. The molecule has 2 aromatic heterocycles. The maximum absolute atomic E-state index is 13.6. The Hall–Kier alpha value is -3.06. The number of hydrogen-bond acceptors (Lipinski definition) is 5. The number of carbonyl (C=O) groups excluding carboxylic acids is 2. The average molecular weight is 461 g/mol. The molecule has 0 unspecified atom stereocenters. The van der Waals surface area contributed by atoms with Crippen molar-refractivity contribution in [1.29, 1.82) is 0 Å². The number of pyridine rings is 1. The van der Waals surface area contributed by atoms with Crippen molar-refractivity contribution in [1.82, 2.24) is 15.3 Å². The molecule has 0 saturated heterocycles. The van der Waals surface area contributed by atoms with Gasteiger partial charge in [-0.15, -0.1) is 11.3 Å². The zero-order valence-corrected chi connectivity index (χ0v) is 19.3. The zero-order valence-electron chi connectivity index (χ0n) is 18.5. The molecule has 2 saturated carbocycles. The number of aromatic nitrogens is 2. The van der Waals surface area contributed by atoms with Crippen LogP contribution in [0.1, 0.15) is 60.0 Å². The van der Waals surface area contributed by atoms with Crippen LogP contribution in [0, 0.1) is 11.8 Å². The molecule has 7 heteroatoms. The van der Waals surface area contributed by atoms with Gasteiger partial charge in [-0.3, -0.25) is 14.6 Å². The number of rotatable bonds is 7. The Morgan fingerprint density at radius 1 is 1.09 bits per heavy atom. The molecule has 2 fully saturated rings. The summed E-state index contributed by atoms with van der Waals surface area (Å²) >= 11 is 1.43. The largest absolute Gasteiger partial charge is 0.348 e. The number of amides is 2. The highest BCUT2D eigenvalue weighted by Crippen LogP contribution is 2.61. The minimum absolute atomic E-state index is 0.000872. The van der Waals surface area contributed by atoms with Crippen molar-refractivity contribution < 1.29 is 9.59 Å². The summed E-state index contributed by atoms with van der Waals surface area (Å²) in [6.45, 7) is 0.414. The first-order valence-electron chi connectivity index (χ1n) is 11.7. The van der Waals surface area contributed by atoms with Crippen LogP contribution in [0.15, 0.2) is 60.4 Å². The molecular formula is C26H28N4O2S. The lowest BCUT2D eigenvalue weighted by Gasteiger charge is -2.26. The van der Waals surface area contributed by atoms with Crippen LogP contribution in [0.4, 0.5) is 5.13 Å². The van der Waals surface area contributed by atoms with Crippen LogP contribution in [0.5, 0.6) is 0 Å². The highest BCUT2D eigenvalue weighted by atomic mass is 32.1. The predicted molar refractivity (Wildman–Crippen MR) is 129 cm³/mol. The van der Waals surface area contributed by atoms with Gasteiger partial charge in [0.25, 0.3) is 5.91 Å². The molecule has 170 valence electrons. The summed E-state index contributed by atoms with van der Waals surface area (Å²) in [4.78, 5) is 34.8. The maximum Gasteiger partial charge on any atom is 0.251 e. The molecule has 2 heterocycles. The topological polar surface area (TPSA) is 84.0 Å². The molecule has 2 aliphatic carbocycles. The van der Waals surface area contributed by atoms with Gasteiger partial charge in [0.05, 0.1) is 5.41 Å². The molecule has 3 aromatic rings. The Balaban J connectivity index is 1.38. The minimum atomic E-state index is -0.590. The molecular weight excluding hydrogens is 432 g/mol. The van der Waals surface area contributed by atoms with Crippen LogP contribution in [-0.4, -0.2) is 21.8 Å². The lowest BCUT2D eigenvalue weighted by atomic mass is 9.80. The van der Waals surface area contributed by atoms with Gasteiger partial charge in [-0.2, -0.15) is 0 Å². The smallest absolute Gasteiger partial charge is 0.251 e. The van der Waals surface area contributed by atoms with Crippen LogP contribution < -0.4 is 10.6 Å². The minimum Gasteiger partial charge on any atom is -0.348 e. The zero-order chi connectivity index (χ0) is 22.7. The van der Waals surface area contributed by atoms with E-state index in [2.05, 4.69) is 20.6 Å². The summed E-state index contributed by atoms with van der Waals surface area (Å²) in [5.74, 6) is 0.724. The Bertz CT molecular complexity index is 1110. The van der Waals surface area contributed by atoms with E-state index in [0.717, 1.165) is 17.5 Å². The fourth-order valence-electron chi connectivity index (χ4n) is 5.34. The highest BCUT2D eigenvalue weighted by molar-refractivity contribution is 7.13. The molecule has 0 radical (unpaired) electrons. The summed E-state index contributed by atoms with van der Waals surface area (Å²) in [7, 11) is 0. The number of benzene rings is 1. The van der Waals surface area contributed by atoms with Crippen molar-refractivity contribution in [3.8, 4) is 0 Å². The second-order valence-electron chi connectivity index (χ2n) is 9.10. The molecule has 2 N–H and O–H groups in total. The Kier molecular flexibility index (Phi) is 6.22. The molecule has 5 rings (SSSR count). The van der Waals surface area contributed by atoms with Crippen molar-refractivity contribution in [3.05, 3.63) is 77.1 Å². The Morgan fingerprint density at radius 2 is 1.97 bits per heavy atom. The highest BCUT2D eigenvalue weighted by Gasteiger charge is 2.63. The molecule has 2 amide bonds. The van der Waals surface area contributed by atoms with Gasteiger partial charge < -0.3 is 10.6 Å². The van der Waals surface area contributed by atoms with E-state index >= 15 is 0 Å². The summed E-state index contributed by atoms with van der Waals surface area (Å²) in [6, 6.07) is 11.4. The second kappa shape index (κ2) is 9.43. The fourth-order valence-corrected chi connectivity index (χ4v) is 5.86. The van der Waals surface area contributed by atoms with Crippen LogP contribution in [0.2, 0.25) is 0 Å². The van der Waals surface area contributed by atoms with Crippen molar-refractivity contribution in [2.45, 2.75) is 50.5 Å². The Morgan fingerprint density at radius 3 is 2.73 bits per heavy atom. The maximum atomic E-state index is 13.6. The van der Waals surface area contributed by atoms with Gasteiger partial charge in [0.2, 0.25) is 5.91 Å². The lowest BCUT2D eigenvalue weighted by Crippen LogP contribution is -2.32. The van der Waals surface area contributed by atoms with E-state index in [0.29, 0.717) is 29.1 Å². The van der Waals surface area contributed by atoms with Crippen LogP contribution in [-0.2, 0) is 16.8 Å². The van der Waals surface area contributed by atoms with Crippen molar-refractivity contribution in [2.24, 2.45) is 11.8 Å². The van der Waals surface area contributed by atoms with E-state index in [1.54, 1.807) is 18.6 Å². The van der Waals surface area contributed by atoms with Gasteiger partial charge in [0.1, 0.15) is 0 Å². The number of anilines is 1. The van der Waals surface area contributed by atoms with Crippen molar-refractivity contribution >= 4 is 28.3 Å². The SMILES string of the molecule is O=C(NCc1cccnc1)c1cccc([C@@]2(C(=O)Nc3nccs3)C[C@H]2C2CCCCC2)c1. The molecule has 0 spiro atoms. The van der Waals surface area contributed by atoms with Gasteiger partial charge in [-0.1, -0.05) is 50.3 Å². The number of nitrogens with zero attached hydrogens (tertiary/aromatic N) is 2. The van der Waals surface area contributed by atoms with E-state index in [1.165, 1.54) is 43.4 Å². The van der Waals surface area contributed by atoms with Gasteiger partial charge in [0, 0.05) is 36.1 Å². The molecule has 6 nitrogen and oxygen atoms in total. The van der Waals surface area contributed by atoms with Crippen LogP contribution in [0.25, 0.3) is 0 Å². The van der Waals surface area contributed by atoms with E-state index < -0.39 is 5.41 Å². The predicted octanol–water partition coefficient (Wildman–Crippen LogP) is 4.94. The number of hydrogen-bond donors (Lipinski definition) is 2. The molecule has 0 aliphatic heterocycles. The summed E-state index contributed by atoms with van der Waals surface area (Å²) < 4.78 is 0. The third kappa shape index (κ3) is 4.55. The third-order valence-electron chi connectivity index (χ3n) is 7.11. The molecule has 2 aliphatic rings. The van der Waals surface area contributed by atoms with E-state index in [4.69, 9.17) is 0 Å². The quantitative estimate of drug-likeness (QED) is 0.523. The van der Waals surface area contributed by atoms with Crippen molar-refractivity contribution in [3.63, 3.8) is 0 Å². The van der Waals surface area contributed by atoms with Gasteiger partial charge in [0.15, 0.2) is 5.13 Å². The standard InChI is InChI=1S/C26H28N4O2S/c31-23(29-17-18-6-5-11-27-16-18)20-9-4-10-21(14-20)26(24(32)30-25-28-12-13-33-25)15-22(26)19-7-2-1-3-8-19/h4-6,9-14,16,19,22H,1-3,7-8,15,17H2,(H,29,31)(H,28,30,32)/t22-,26-/m0/s1. The summed E-state index contributed by atoms with van der Waals surface area (Å²) in [5.41, 5.74) is 1.86. The second-order valence-corrected chi connectivity index (χ2v) is 9.99. The summed E-state index contributed by atoms with van der Waals surface area (Å²) in [5, 5.41) is 8.50. The van der Waals surface area contributed by atoms with E-state index in [-0.39, 0.29) is 11.8 Å². The van der Waals surface area contributed by atoms with Gasteiger partial charge in [-0.05, 0) is 47.6 Å². The molecule has 33 heavy (non-hydrogen) atoms. The number of nitrogens with one attached hydrogen (secondary N) is 2. The first kappa shape index (κ1) is 21.8. The van der Waals surface area contributed by atoms with Crippen LogP contribution in [0.3, 0.4) is 0 Å². The summed E-state index contributed by atoms with van der Waals surface area (Å²) in [6.07, 6.45) is 12.1. The molecule has 2 atom stereocenters. The first-order chi connectivity index (χ1) is 16.2. The first-order valence-corrected chi connectivity index (χ1v) is 12.5. The monoisotopic (exact) mass is 460 g/mol. The number of thiazole rings is 1. The van der Waals surface area contributed by atoms with E-state index in [9.17, 15) is 9.59 Å². The fraction of sp³-hybridized carbons (Fsp3) is 0.385. The van der Waals surface area contributed by atoms with E-state index in [1.807, 2.05) is 41.8 Å². The normalized spacial score (nSPS) is 22.5. The van der Waals surface area contributed by atoms with Gasteiger partial charge in [-0.25, -0.2) is 4.98 Å². The molecule has 1 aromatic carbocycles.